The summed E-state index contributed by atoms with van der Waals surface area (Å²) in [5, 5.41) is 0.275. The van der Waals surface area contributed by atoms with E-state index in [1.807, 2.05) is 6.26 Å². The molecule has 8 heteroatoms. The lowest BCUT2D eigenvalue weighted by molar-refractivity contribution is -0.137. The van der Waals surface area contributed by atoms with Crippen LogP contribution in [0.5, 0.6) is 0 Å². The summed E-state index contributed by atoms with van der Waals surface area (Å²) in [6, 6.07) is 5.05. The van der Waals surface area contributed by atoms with Crippen molar-refractivity contribution in [2.24, 2.45) is 11.7 Å². The lowest BCUT2D eigenvalue weighted by Gasteiger charge is -2.31. The lowest BCUT2D eigenvalue weighted by atomic mass is 9.97. The monoisotopic (exact) mass is 370 g/mol. The number of benzene rings is 1. The number of esters is 1. The van der Waals surface area contributed by atoms with Crippen molar-refractivity contribution in [3.63, 3.8) is 0 Å². The van der Waals surface area contributed by atoms with Crippen LogP contribution < -0.4 is 5.73 Å². The van der Waals surface area contributed by atoms with Gasteiger partial charge in [-0.3, -0.25) is 9.59 Å². The number of nitrogens with zero attached hydrogens (tertiary/aromatic N) is 1. The topological polar surface area (TPSA) is 89.7 Å². The first-order valence-corrected chi connectivity index (χ1v) is 9.10. The van der Waals surface area contributed by atoms with Gasteiger partial charge in [0, 0.05) is 18.0 Å². The van der Waals surface area contributed by atoms with E-state index in [-0.39, 0.29) is 35.6 Å². The molecule has 2 N–H and O–H groups in total. The number of likely N-dealkylation sites (tertiary alicyclic amines) is 1. The zero-order valence-electron chi connectivity index (χ0n) is 13.3. The van der Waals surface area contributed by atoms with Crippen molar-refractivity contribution in [2.75, 3.05) is 26.0 Å². The molecule has 1 aliphatic rings. The summed E-state index contributed by atoms with van der Waals surface area (Å²) in [7, 11) is 0. The third kappa shape index (κ3) is 4.64. The Labute approximate surface area is 149 Å². The standard InChI is InChI=1S/C16H19ClN2O4S/c1-24-11-4-5-13(17)12(7-11)16(22)23-9-14(20)19-6-2-3-10(8-19)15(18)21/h4-5,7,10H,2-3,6,8-9H2,1H3,(H2,18,21)/t10-/m1/s1. The largest absolute Gasteiger partial charge is 0.452 e. The Bertz CT molecular complexity index is 653. The number of thioether (sulfide) groups is 1. The number of amides is 2. The number of primary amides is 1. The summed E-state index contributed by atoms with van der Waals surface area (Å²) in [6.07, 6.45) is 3.26. The minimum absolute atomic E-state index is 0.227. The van der Waals surface area contributed by atoms with Gasteiger partial charge in [0.05, 0.1) is 16.5 Å². The molecule has 130 valence electrons. The molecule has 1 heterocycles. The fourth-order valence-electron chi connectivity index (χ4n) is 2.52. The second kappa shape index (κ2) is 8.39. The van der Waals surface area contributed by atoms with Crippen molar-refractivity contribution in [1.82, 2.24) is 4.90 Å². The molecular formula is C16H19ClN2O4S. The van der Waals surface area contributed by atoms with Gasteiger partial charge >= 0.3 is 5.97 Å². The molecule has 0 aliphatic carbocycles. The van der Waals surface area contributed by atoms with Gasteiger partial charge in [0.2, 0.25) is 5.91 Å². The number of carbonyl (C=O) groups excluding carboxylic acids is 3. The van der Waals surface area contributed by atoms with Crippen LogP contribution in [0.25, 0.3) is 0 Å². The van der Waals surface area contributed by atoms with Gasteiger partial charge in [-0.25, -0.2) is 4.79 Å². The first-order valence-electron chi connectivity index (χ1n) is 7.50. The summed E-state index contributed by atoms with van der Waals surface area (Å²) in [5.41, 5.74) is 5.52. The smallest absolute Gasteiger partial charge is 0.340 e. The molecule has 1 aromatic carbocycles. The molecule has 1 aliphatic heterocycles. The highest BCUT2D eigenvalue weighted by molar-refractivity contribution is 7.98. The molecule has 1 saturated heterocycles. The number of halogens is 1. The molecule has 6 nitrogen and oxygen atoms in total. The maximum absolute atomic E-state index is 12.2. The van der Waals surface area contributed by atoms with Crippen molar-refractivity contribution >= 4 is 41.1 Å². The molecular weight excluding hydrogens is 352 g/mol. The highest BCUT2D eigenvalue weighted by Crippen LogP contribution is 2.24. The second-order valence-corrected chi connectivity index (χ2v) is 6.79. The van der Waals surface area contributed by atoms with Gasteiger partial charge in [-0.2, -0.15) is 0 Å². The Morgan fingerprint density at radius 1 is 1.42 bits per heavy atom. The van der Waals surface area contributed by atoms with Crippen molar-refractivity contribution in [3.05, 3.63) is 28.8 Å². The van der Waals surface area contributed by atoms with E-state index in [9.17, 15) is 14.4 Å². The predicted octanol–water partition coefficient (Wildman–Crippen LogP) is 1.94. The van der Waals surface area contributed by atoms with Crippen LogP contribution in [0, 0.1) is 5.92 Å². The SMILES string of the molecule is CSc1ccc(Cl)c(C(=O)OCC(=O)N2CCC[C@@H](C(N)=O)C2)c1. The van der Waals surface area contributed by atoms with Gasteiger partial charge in [-0.05, 0) is 37.3 Å². The third-order valence-corrected chi connectivity index (χ3v) is 4.95. The van der Waals surface area contributed by atoms with Gasteiger partial charge in [-0.15, -0.1) is 11.8 Å². The fourth-order valence-corrected chi connectivity index (χ4v) is 3.15. The summed E-state index contributed by atoms with van der Waals surface area (Å²) in [4.78, 5) is 37.9. The van der Waals surface area contributed by atoms with E-state index in [1.54, 1.807) is 18.2 Å². The second-order valence-electron chi connectivity index (χ2n) is 5.50. The van der Waals surface area contributed by atoms with Crippen molar-refractivity contribution < 1.29 is 19.1 Å². The predicted molar refractivity (Wildman–Crippen MR) is 92.0 cm³/mol. The molecule has 1 aromatic rings. The van der Waals surface area contributed by atoms with Gasteiger partial charge in [0.15, 0.2) is 6.61 Å². The molecule has 0 bridgehead atoms. The van der Waals surface area contributed by atoms with Crippen LogP contribution in [-0.4, -0.2) is 48.6 Å². The molecule has 0 spiro atoms. The Hall–Kier alpha value is -1.73. The van der Waals surface area contributed by atoms with E-state index in [0.717, 1.165) is 4.90 Å². The van der Waals surface area contributed by atoms with Crippen LogP contribution >= 0.6 is 23.4 Å². The van der Waals surface area contributed by atoms with Crippen LogP contribution in [-0.2, 0) is 14.3 Å². The number of hydrogen-bond donors (Lipinski definition) is 1. The molecule has 0 saturated carbocycles. The van der Waals surface area contributed by atoms with Gasteiger partial charge in [0.25, 0.3) is 5.91 Å². The number of ether oxygens (including phenoxy) is 1. The van der Waals surface area contributed by atoms with E-state index in [1.165, 1.54) is 16.7 Å². The average Bonchev–Trinajstić information content (AvgIpc) is 2.59. The molecule has 0 unspecified atom stereocenters. The fraction of sp³-hybridized carbons (Fsp3) is 0.438. The van der Waals surface area contributed by atoms with E-state index in [0.29, 0.717) is 19.4 Å². The van der Waals surface area contributed by atoms with Gasteiger partial charge in [0.1, 0.15) is 0 Å². The van der Waals surface area contributed by atoms with Crippen LogP contribution in [0.2, 0.25) is 5.02 Å². The van der Waals surface area contributed by atoms with Crippen molar-refractivity contribution in [3.8, 4) is 0 Å². The average molecular weight is 371 g/mol. The Kier molecular flexibility index (Phi) is 6.51. The number of nitrogens with two attached hydrogens (primary N) is 1. The summed E-state index contributed by atoms with van der Waals surface area (Å²) in [6.45, 7) is 0.418. The van der Waals surface area contributed by atoms with Crippen LogP contribution in [0.15, 0.2) is 23.1 Å². The Morgan fingerprint density at radius 2 is 2.17 bits per heavy atom. The third-order valence-electron chi connectivity index (χ3n) is 3.90. The first-order chi connectivity index (χ1) is 11.4. The molecule has 24 heavy (non-hydrogen) atoms. The highest BCUT2D eigenvalue weighted by atomic mass is 35.5. The van der Waals surface area contributed by atoms with Crippen molar-refractivity contribution in [2.45, 2.75) is 17.7 Å². The molecule has 1 atom stereocenters. The lowest BCUT2D eigenvalue weighted by Crippen LogP contribution is -2.45. The van der Waals surface area contributed by atoms with Gasteiger partial charge < -0.3 is 15.4 Å². The molecule has 2 amide bonds. The maximum atomic E-state index is 12.2. The number of piperidine rings is 1. The first kappa shape index (κ1) is 18.6. The van der Waals surface area contributed by atoms with E-state index in [4.69, 9.17) is 22.1 Å². The minimum Gasteiger partial charge on any atom is -0.452 e. The van der Waals surface area contributed by atoms with E-state index >= 15 is 0 Å². The summed E-state index contributed by atoms with van der Waals surface area (Å²) in [5.74, 6) is -1.74. The molecule has 0 radical (unpaired) electrons. The zero-order valence-corrected chi connectivity index (χ0v) is 14.9. The Balaban J connectivity index is 1.94. The molecule has 1 fully saturated rings. The van der Waals surface area contributed by atoms with Crippen LogP contribution in [0.1, 0.15) is 23.2 Å². The highest BCUT2D eigenvalue weighted by Gasteiger charge is 2.27. The number of hydrogen-bond acceptors (Lipinski definition) is 5. The number of rotatable bonds is 5. The van der Waals surface area contributed by atoms with E-state index in [2.05, 4.69) is 0 Å². The summed E-state index contributed by atoms with van der Waals surface area (Å²) >= 11 is 7.48. The molecule has 2 rings (SSSR count). The zero-order chi connectivity index (χ0) is 17.7. The van der Waals surface area contributed by atoms with E-state index < -0.39 is 11.9 Å². The van der Waals surface area contributed by atoms with Gasteiger partial charge in [-0.1, -0.05) is 11.6 Å². The minimum atomic E-state index is -0.646. The number of carbonyl (C=O) groups is 3. The Morgan fingerprint density at radius 3 is 2.83 bits per heavy atom. The van der Waals surface area contributed by atoms with Crippen LogP contribution in [0.4, 0.5) is 0 Å². The quantitative estimate of drug-likeness (QED) is 0.632. The molecule has 0 aromatic heterocycles. The van der Waals surface area contributed by atoms with Crippen molar-refractivity contribution in [1.29, 1.82) is 0 Å². The maximum Gasteiger partial charge on any atom is 0.340 e. The summed E-state index contributed by atoms with van der Waals surface area (Å²) < 4.78 is 5.08. The van der Waals surface area contributed by atoms with Crippen LogP contribution in [0.3, 0.4) is 0 Å². The normalized spacial score (nSPS) is 17.4.